The van der Waals surface area contributed by atoms with Crippen LogP contribution in [-0.2, 0) is 16.8 Å². The fourth-order valence-electron chi connectivity index (χ4n) is 3.89. The summed E-state index contributed by atoms with van der Waals surface area (Å²) >= 11 is 1.78. The summed E-state index contributed by atoms with van der Waals surface area (Å²) in [6.07, 6.45) is 0.953. The van der Waals surface area contributed by atoms with E-state index in [0.717, 1.165) is 18.5 Å². The van der Waals surface area contributed by atoms with Gasteiger partial charge in [0.05, 0.1) is 13.8 Å². The molecule has 2 aliphatic heterocycles. The monoisotopic (exact) mass is 385 g/mol. The highest BCUT2D eigenvalue weighted by molar-refractivity contribution is 7.10. The second-order valence-corrected chi connectivity index (χ2v) is 8.20. The lowest BCUT2D eigenvalue weighted by Gasteiger charge is -2.35. The highest BCUT2D eigenvalue weighted by Crippen LogP contribution is 2.35. The first-order valence-corrected chi connectivity index (χ1v) is 9.91. The molecule has 1 aromatic carbocycles. The number of urea groups is 1. The van der Waals surface area contributed by atoms with Crippen LogP contribution in [0.5, 0.6) is 5.75 Å². The van der Waals surface area contributed by atoms with Crippen molar-refractivity contribution in [3.8, 4) is 5.75 Å². The van der Waals surface area contributed by atoms with Crippen LogP contribution in [-0.4, -0.2) is 42.1 Å². The van der Waals surface area contributed by atoms with Crippen molar-refractivity contribution in [2.75, 3.05) is 20.3 Å². The number of carbonyl (C=O) groups excluding carboxylic acids is 2. The van der Waals surface area contributed by atoms with Gasteiger partial charge in [0.15, 0.2) is 0 Å². The zero-order valence-corrected chi connectivity index (χ0v) is 16.5. The van der Waals surface area contributed by atoms with Crippen LogP contribution in [0.2, 0.25) is 0 Å². The van der Waals surface area contributed by atoms with Crippen LogP contribution in [0.15, 0.2) is 35.7 Å². The summed E-state index contributed by atoms with van der Waals surface area (Å²) in [7, 11) is 1.58. The smallest absolute Gasteiger partial charge is 0.326 e. The average Bonchev–Trinajstić information content (AvgIpc) is 3.23. The summed E-state index contributed by atoms with van der Waals surface area (Å²) in [6, 6.07) is 9.25. The van der Waals surface area contributed by atoms with Crippen LogP contribution in [0.4, 0.5) is 4.79 Å². The van der Waals surface area contributed by atoms with Crippen molar-refractivity contribution in [3.63, 3.8) is 0 Å². The number of thiophene rings is 1. The van der Waals surface area contributed by atoms with Gasteiger partial charge in [-0.1, -0.05) is 12.1 Å². The lowest BCUT2D eigenvalue weighted by Crippen LogP contribution is -2.46. The van der Waals surface area contributed by atoms with Gasteiger partial charge in [0.1, 0.15) is 11.3 Å². The van der Waals surface area contributed by atoms with Gasteiger partial charge in [0.2, 0.25) is 0 Å². The molecule has 6 nitrogen and oxygen atoms in total. The van der Waals surface area contributed by atoms with Gasteiger partial charge < -0.3 is 10.1 Å². The van der Waals surface area contributed by atoms with Crippen LogP contribution < -0.4 is 10.1 Å². The highest BCUT2D eigenvalue weighted by Gasteiger charge is 2.49. The molecule has 0 unspecified atom stereocenters. The largest absolute Gasteiger partial charge is 0.497 e. The molecular weight excluding hydrogens is 362 g/mol. The molecule has 0 aliphatic carbocycles. The zero-order chi connectivity index (χ0) is 19.2. The molecule has 2 aromatic rings. The number of ether oxygens (including phenoxy) is 1. The molecule has 2 aliphatic rings. The Morgan fingerprint density at radius 3 is 2.93 bits per heavy atom. The van der Waals surface area contributed by atoms with Crippen LogP contribution in [0, 0.1) is 0 Å². The van der Waals surface area contributed by atoms with Crippen molar-refractivity contribution in [1.29, 1.82) is 0 Å². The molecule has 142 valence electrons. The third-order valence-electron chi connectivity index (χ3n) is 5.65. The fourth-order valence-corrected chi connectivity index (χ4v) is 4.85. The highest BCUT2D eigenvalue weighted by atomic mass is 32.1. The van der Waals surface area contributed by atoms with Gasteiger partial charge >= 0.3 is 6.03 Å². The third kappa shape index (κ3) is 2.91. The van der Waals surface area contributed by atoms with Gasteiger partial charge in [-0.25, -0.2) is 9.69 Å². The minimum Gasteiger partial charge on any atom is -0.497 e. The second-order valence-electron chi connectivity index (χ2n) is 7.20. The first kappa shape index (κ1) is 18.0. The van der Waals surface area contributed by atoms with Gasteiger partial charge in [-0.15, -0.1) is 11.3 Å². The molecular formula is C20H23N3O3S. The summed E-state index contributed by atoms with van der Waals surface area (Å²) in [5.41, 5.74) is 0.932. The molecule has 1 saturated heterocycles. The Kier molecular flexibility index (Phi) is 4.44. The molecule has 1 aromatic heterocycles. The fraction of sp³-hybridized carbons (Fsp3) is 0.400. The normalized spacial score (nSPS) is 25.4. The molecule has 7 heteroatoms. The molecule has 0 radical (unpaired) electrons. The van der Waals surface area contributed by atoms with Gasteiger partial charge in [-0.05, 0) is 55.0 Å². The Bertz CT molecular complexity index is 896. The Hall–Kier alpha value is -2.38. The van der Waals surface area contributed by atoms with E-state index in [9.17, 15) is 9.59 Å². The standard InChI is InChI=1S/C20H23N3O3S/c1-13-16-8-10-27-17(16)7-9-22(13)12-23-18(24)20(2,21-19(23)25)14-5-4-6-15(11-14)26-3/h4-6,8,10-11,13H,7,9,12H2,1-3H3,(H,21,25)/t13-,20-/m1/s1. The van der Waals surface area contributed by atoms with E-state index in [1.165, 1.54) is 15.3 Å². The van der Waals surface area contributed by atoms with Gasteiger partial charge in [-0.2, -0.15) is 0 Å². The second kappa shape index (κ2) is 6.65. The van der Waals surface area contributed by atoms with Gasteiger partial charge in [0.25, 0.3) is 5.91 Å². The molecule has 27 heavy (non-hydrogen) atoms. The first-order chi connectivity index (χ1) is 12.9. The van der Waals surface area contributed by atoms with Crippen LogP contribution in [0.25, 0.3) is 0 Å². The SMILES string of the molecule is COc1cccc([C@@]2(C)NC(=O)N(CN3CCc4sccc4[C@H]3C)C2=O)c1. The van der Waals surface area contributed by atoms with E-state index in [1.54, 1.807) is 31.4 Å². The number of benzene rings is 1. The molecule has 4 rings (SSSR count). The predicted molar refractivity (Wildman–Crippen MR) is 104 cm³/mol. The number of hydrogen-bond donors (Lipinski definition) is 1. The van der Waals surface area contributed by atoms with E-state index in [2.05, 4.69) is 28.6 Å². The molecule has 1 fully saturated rings. The Balaban J connectivity index is 1.56. The van der Waals surface area contributed by atoms with E-state index in [1.807, 2.05) is 18.2 Å². The van der Waals surface area contributed by atoms with E-state index in [-0.39, 0.29) is 18.0 Å². The Morgan fingerprint density at radius 1 is 1.33 bits per heavy atom. The number of nitrogens with one attached hydrogen (secondary N) is 1. The summed E-state index contributed by atoms with van der Waals surface area (Å²) in [5.74, 6) is 0.424. The predicted octanol–water partition coefficient (Wildman–Crippen LogP) is 3.10. The number of methoxy groups -OCH3 is 1. The maximum Gasteiger partial charge on any atom is 0.326 e. The van der Waals surface area contributed by atoms with Crippen LogP contribution >= 0.6 is 11.3 Å². The molecule has 1 N–H and O–H groups in total. The van der Waals surface area contributed by atoms with Crippen LogP contribution in [0.3, 0.4) is 0 Å². The van der Waals surface area contributed by atoms with Crippen molar-refractivity contribution >= 4 is 23.3 Å². The van der Waals surface area contributed by atoms with Crippen molar-refractivity contribution in [2.45, 2.75) is 31.8 Å². The minimum atomic E-state index is -1.09. The third-order valence-corrected chi connectivity index (χ3v) is 6.65. The Morgan fingerprint density at radius 2 is 2.15 bits per heavy atom. The first-order valence-electron chi connectivity index (χ1n) is 9.03. The molecule has 3 heterocycles. The lowest BCUT2D eigenvalue weighted by atomic mass is 9.92. The lowest BCUT2D eigenvalue weighted by molar-refractivity contribution is -0.132. The van der Waals surface area contributed by atoms with Crippen molar-refractivity contribution in [3.05, 3.63) is 51.7 Å². The molecule has 0 spiro atoms. The number of fused-ring (bicyclic) bond motifs is 1. The molecule has 0 bridgehead atoms. The van der Waals surface area contributed by atoms with E-state index < -0.39 is 5.54 Å². The van der Waals surface area contributed by atoms with E-state index in [0.29, 0.717) is 12.4 Å². The van der Waals surface area contributed by atoms with E-state index in [4.69, 9.17) is 4.74 Å². The number of imide groups is 1. The quantitative estimate of drug-likeness (QED) is 0.822. The zero-order valence-electron chi connectivity index (χ0n) is 15.7. The summed E-state index contributed by atoms with van der Waals surface area (Å²) in [6.45, 7) is 5.01. The molecule has 2 atom stereocenters. The summed E-state index contributed by atoms with van der Waals surface area (Å²) in [5, 5.41) is 4.98. The summed E-state index contributed by atoms with van der Waals surface area (Å²) < 4.78 is 5.26. The van der Waals surface area contributed by atoms with Crippen molar-refractivity contribution < 1.29 is 14.3 Å². The van der Waals surface area contributed by atoms with Gasteiger partial charge in [-0.3, -0.25) is 9.69 Å². The number of amides is 3. The topological polar surface area (TPSA) is 61.9 Å². The number of rotatable bonds is 4. The number of carbonyl (C=O) groups is 2. The maximum atomic E-state index is 13.2. The minimum absolute atomic E-state index is 0.185. The molecule has 3 amide bonds. The number of hydrogen-bond acceptors (Lipinski definition) is 5. The van der Waals surface area contributed by atoms with Gasteiger partial charge in [0, 0.05) is 17.5 Å². The average molecular weight is 385 g/mol. The van der Waals surface area contributed by atoms with Crippen molar-refractivity contribution in [1.82, 2.24) is 15.1 Å². The summed E-state index contributed by atoms with van der Waals surface area (Å²) in [4.78, 5) is 30.7. The van der Waals surface area contributed by atoms with E-state index >= 15 is 0 Å². The number of nitrogens with zero attached hydrogens (tertiary/aromatic N) is 2. The van der Waals surface area contributed by atoms with Crippen LogP contribution in [0.1, 0.15) is 35.9 Å². The Labute approximate surface area is 162 Å². The maximum absolute atomic E-state index is 13.2. The van der Waals surface area contributed by atoms with Crippen molar-refractivity contribution in [2.24, 2.45) is 0 Å². The molecule has 0 saturated carbocycles.